The Kier molecular flexibility index (Phi) is 6.19. The number of carbonyl (C=O) groups is 1. The highest BCUT2D eigenvalue weighted by Crippen LogP contribution is 2.42. The van der Waals surface area contributed by atoms with Crippen molar-refractivity contribution in [1.82, 2.24) is 5.32 Å². The predicted molar refractivity (Wildman–Crippen MR) is 105 cm³/mol. The van der Waals surface area contributed by atoms with Gasteiger partial charge in [0, 0.05) is 17.6 Å². The highest BCUT2D eigenvalue weighted by molar-refractivity contribution is 6.04. The van der Waals surface area contributed by atoms with E-state index in [1.165, 1.54) is 12.8 Å². The molecule has 2 atom stereocenters. The number of alkyl halides is 3. The number of nitrogens with one attached hydrogen (secondary N) is 2. The summed E-state index contributed by atoms with van der Waals surface area (Å²) in [5, 5.41) is 6.02. The van der Waals surface area contributed by atoms with E-state index < -0.39 is 29.0 Å². The molecule has 2 fully saturated rings. The Morgan fingerprint density at radius 1 is 1.07 bits per heavy atom. The molecule has 2 aliphatic rings. The van der Waals surface area contributed by atoms with E-state index in [4.69, 9.17) is 0 Å². The monoisotopic (exact) mass is 428 g/mol. The van der Waals surface area contributed by atoms with Crippen molar-refractivity contribution in [3.63, 3.8) is 0 Å². The van der Waals surface area contributed by atoms with Crippen LogP contribution in [-0.2, 0) is 6.18 Å². The van der Waals surface area contributed by atoms with Gasteiger partial charge in [0.25, 0.3) is 5.91 Å². The maximum absolute atomic E-state index is 13.8. The lowest BCUT2D eigenvalue weighted by Crippen LogP contribution is -2.20. The van der Waals surface area contributed by atoms with Crippen molar-refractivity contribution in [1.29, 1.82) is 0 Å². The SMILES string of the molecule is Cl.O=C(Nc1ccc([C@@H]2C[C@H]2NCC2CC2)cc1)c1cc(C(F)(F)F)ccc1F. The van der Waals surface area contributed by atoms with Gasteiger partial charge in [0.15, 0.2) is 0 Å². The van der Waals surface area contributed by atoms with Crippen LogP contribution in [0.25, 0.3) is 0 Å². The molecule has 2 aromatic carbocycles. The van der Waals surface area contributed by atoms with Crippen LogP contribution in [0.2, 0.25) is 0 Å². The third-order valence-corrected chi connectivity index (χ3v) is 5.29. The van der Waals surface area contributed by atoms with Crippen LogP contribution in [0, 0.1) is 11.7 Å². The van der Waals surface area contributed by atoms with E-state index in [2.05, 4.69) is 10.6 Å². The first-order chi connectivity index (χ1) is 13.3. The number of anilines is 1. The second-order valence-electron chi connectivity index (χ2n) is 7.57. The Bertz CT molecular complexity index is 881. The number of hydrogen-bond donors (Lipinski definition) is 2. The first-order valence-electron chi connectivity index (χ1n) is 9.32. The molecule has 29 heavy (non-hydrogen) atoms. The summed E-state index contributed by atoms with van der Waals surface area (Å²) < 4.78 is 52.2. The van der Waals surface area contributed by atoms with Gasteiger partial charge in [0.05, 0.1) is 11.1 Å². The van der Waals surface area contributed by atoms with Gasteiger partial charge in [0.2, 0.25) is 0 Å². The summed E-state index contributed by atoms with van der Waals surface area (Å²) in [7, 11) is 0. The molecular weight excluding hydrogens is 408 g/mol. The first-order valence-corrected chi connectivity index (χ1v) is 9.32. The van der Waals surface area contributed by atoms with Crippen LogP contribution in [0.5, 0.6) is 0 Å². The third kappa shape index (κ3) is 5.28. The second-order valence-corrected chi connectivity index (χ2v) is 7.57. The molecule has 156 valence electrons. The van der Waals surface area contributed by atoms with Gasteiger partial charge >= 0.3 is 6.18 Å². The highest BCUT2D eigenvalue weighted by Gasteiger charge is 2.39. The molecule has 0 bridgehead atoms. The van der Waals surface area contributed by atoms with Crippen LogP contribution in [0.4, 0.5) is 23.2 Å². The minimum atomic E-state index is -4.64. The number of amides is 1. The fraction of sp³-hybridized carbons (Fsp3) is 0.381. The largest absolute Gasteiger partial charge is 0.416 e. The molecule has 4 rings (SSSR count). The molecule has 0 saturated heterocycles. The second kappa shape index (κ2) is 8.32. The number of rotatable bonds is 6. The molecule has 0 aliphatic heterocycles. The molecule has 2 saturated carbocycles. The topological polar surface area (TPSA) is 41.1 Å². The molecule has 8 heteroatoms. The normalized spacial score (nSPS) is 20.7. The smallest absolute Gasteiger partial charge is 0.322 e. The summed E-state index contributed by atoms with van der Waals surface area (Å²) in [5.41, 5.74) is -0.136. The predicted octanol–water partition coefficient (Wildman–Crippen LogP) is 5.37. The average Bonchev–Trinajstić information content (AvgIpc) is 3.54. The van der Waals surface area contributed by atoms with E-state index in [9.17, 15) is 22.4 Å². The van der Waals surface area contributed by atoms with Crippen LogP contribution in [-0.4, -0.2) is 18.5 Å². The maximum Gasteiger partial charge on any atom is 0.416 e. The summed E-state index contributed by atoms with van der Waals surface area (Å²) in [6.07, 6.45) is -0.941. The molecule has 2 aliphatic carbocycles. The lowest BCUT2D eigenvalue weighted by atomic mass is 10.1. The molecule has 1 amide bonds. The number of halogens is 5. The van der Waals surface area contributed by atoms with E-state index in [0.717, 1.165) is 24.4 Å². The standard InChI is InChI=1S/C21H20F4N2O.ClH/c22-18-8-5-14(21(23,24)25)9-17(18)20(28)27-15-6-3-13(4-7-15)16-10-19(16)26-11-12-1-2-12;/h3-9,12,16,19,26H,1-2,10-11H2,(H,27,28);1H/t16-,19+;/m0./s1. The first kappa shape index (κ1) is 21.6. The number of benzene rings is 2. The lowest BCUT2D eigenvalue weighted by Gasteiger charge is -2.11. The van der Waals surface area contributed by atoms with E-state index >= 15 is 0 Å². The minimum Gasteiger partial charge on any atom is -0.322 e. The van der Waals surface area contributed by atoms with Crippen LogP contribution in [0.1, 0.15) is 46.7 Å². The lowest BCUT2D eigenvalue weighted by molar-refractivity contribution is -0.137. The zero-order valence-electron chi connectivity index (χ0n) is 15.4. The fourth-order valence-electron chi connectivity index (χ4n) is 3.32. The molecule has 3 nitrogen and oxygen atoms in total. The zero-order chi connectivity index (χ0) is 19.9. The molecule has 0 spiro atoms. The number of hydrogen-bond acceptors (Lipinski definition) is 2. The van der Waals surface area contributed by atoms with E-state index in [1.807, 2.05) is 12.1 Å². The van der Waals surface area contributed by atoms with Crippen molar-refractivity contribution in [2.24, 2.45) is 5.92 Å². The summed E-state index contributed by atoms with van der Waals surface area (Å²) in [4.78, 5) is 12.2. The van der Waals surface area contributed by atoms with E-state index in [0.29, 0.717) is 35.8 Å². The van der Waals surface area contributed by atoms with Crippen molar-refractivity contribution in [2.75, 3.05) is 11.9 Å². The van der Waals surface area contributed by atoms with Gasteiger partial charge in [-0.3, -0.25) is 4.79 Å². The highest BCUT2D eigenvalue weighted by atomic mass is 35.5. The summed E-state index contributed by atoms with van der Waals surface area (Å²) in [6, 6.07) is 9.44. The molecular formula is C21H21ClF4N2O. The van der Waals surface area contributed by atoms with Crippen molar-refractivity contribution in [2.45, 2.75) is 37.4 Å². The molecule has 2 N–H and O–H groups in total. The van der Waals surface area contributed by atoms with Crippen LogP contribution >= 0.6 is 12.4 Å². The minimum absolute atomic E-state index is 0. The van der Waals surface area contributed by atoms with Gasteiger partial charge < -0.3 is 10.6 Å². The quantitative estimate of drug-likeness (QED) is 0.607. The molecule has 0 heterocycles. The Morgan fingerprint density at radius 3 is 2.38 bits per heavy atom. The van der Waals surface area contributed by atoms with Crippen molar-refractivity contribution in [3.8, 4) is 0 Å². The van der Waals surface area contributed by atoms with Crippen LogP contribution in [0.15, 0.2) is 42.5 Å². The Morgan fingerprint density at radius 2 is 1.76 bits per heavy atom. The molecule has 0 unspecified atom stereocenters. The van der Waals surface area contributed by atoms with Gasteiger partial charge in [-0.1, -0.05) is 12.1 Å². The fourth-order valence-corrected chi connectivity index (χ4v) is 3.32. The van der Waals surface area contributed by atoms with Crippen molar-refractivity contribution >= 4 is 24.0 Å². The summed E-state index contributed by atoms with van der Waals surface area (Å²) in [6.45, 7) is 1.07. The van der Waals surface area contributed by atoms with Crippen LogP contribution < -0.4 is 10.6 Å². The Hall–Kier alpha value is -2.12. The summed E-state index contributed by atoms with van der Waals surface area (Å²) >= 11 is 0. The van der Waals surface area contributed by atoms with Gasteiger partial charge in [-0.2, -0.15) is 13.2 Å². The molecule has 0 radical (unpaired) electrons. The van der Waals surface area contributed by atoms with Gasteiger partial charge in [0.1, 0.15) is 5.82 Å². The van der Waals surface area contributed by atoms with Crippen LogP contribution in [0.3, 0.4) is 0 Å². The van der Waals surface area contributed by atoms with Gasteiger partial charge in [-0.05, 0) is 67.6 Å². The average molecular weight is 429 g/mol. The zero-order valence-corrected chi connectivity index (χ0v) is 16.2. The third-order valence-electron chi connectivity index (χ3n) is 5.29. The maximum atomic E-state index is 13.8. The Labute approximate surface area is 172 Å². The van der Waals surface area contributed by atoms with Gasteiger partial charge in [-0.25, -0.2) is 4.39 Å². The summed E-state index contributed by atoms with van der Waals surface area (Å²) in [5.74, 6) is -0.629. The Balaban J connectivity index is 0.00000240. The van der Waals surface area contributed by atoms with Crippen molar-refractivity contribution < 1.29 is 22.4 Å². The van der Waals surface area contributed by atoms with Gasteiger partial charge in [-0.15, -0.1) is 12.4 Å². The van der Waals surface area contributed by atoms with Crippen molar-refractivity contribution in [3.05, 3.63) is 65.0 Å². The van der Waals surface area contributed by atoms with E-state index in [1.54, 1.807) is 12.1 Å². The van der Waals surface area contributed by atoms with E-state index in [-0.39, 0.29) is 12.4 Å². The molecule has 0 aromatic heterocycles. The number of carbonyl (C=O) groups excluding carboxylic acids is 1. The molecule has 2 aromatic rings.